The van der Waals surface area contributed by atoms with E-state index in [9.17, 15) is 4.79 Å². The van der Waals surface area contributed by atoms with E-state index in [4.69, 9.17) is 9.84 Å². The van der Waals surface area contributed by atoms with Crippen molar-refractivity contribution in [2.45, 2.75) is 39.0 Å². The molecule has 0 aromatic carbocycles. The number of carboxylic acids is 1. The Balaban J connectivity index is 2.86. The van der Waals surface area contributed by atoms with Crippen molar-refractivity contribution in [3.05, 3.63) is 0 Å². The molecule has 0 aromatic rings. The van der Waals surface area contributed by atoms with Crippen molar-refractivity contribution in [2.24, 2.45) is 0 Å². The summed E-state index contributed by atoms with van der Waals surface area (Å²) in [6.07, 6.45) is 4.04. The third kappa shape index (κ3) is 9.43. The van der Waals surface area contributed by atoms with Gasteiger partial charge in [0.1, 0.15) is 0 Å². The van der Waals surface area contributed by atoms with Gasteiger partial charge < -0.3 is 9.84 Å². The minimum Gasteiger partial charge on any atom is -0.481 e. The Morgan fingerprint density at radius 1 is 1.25 bits per heavy atom. The third-order valence-corrected chi connectivity index (χ3v) is 1.53. The lowest BCUT2D eigenvalue weighted by molar-refractivity contribution is -0.137. The van der Waals surface area contributed by atoms with Crippen molar-refractivity contribution in [2.75, 3.05) is 13.2 Å². The molecular weight excluding hydrogens is 156 g/mol. The molecule has 72 valence electrons. The Hall–Kier alpha value is -0.570. The summed E-state index contributed by atoms with van der Waals surface area (Å²) in [7, 11) is 0. The summed E-state index contributed by atoms with van der Waals surface area (Å²) < 4.78 is 5.24. The van der Waals surface area contributed by atoms with Gasteiger partial charge in [0.05, 0.1) is 0 Å². The van der Waals surface area contributed by atoms with Gasteiger partial charge in [-0.25, -0.2) is 0 Å². The van der Waals surface area contributed by atoms with Crippen LogP contribution in [0.1, 0.15) is 39.0 Å². The first-order valence-corrected chi connectivity index (χ1v) is 4.57. The normalized spacial score (nSPS) is 10.1. The number of aliphatic carboxylic acids is 1. The van der Waals surface area contributed by atoms with E-state index < -0.39 is 5.97 Å². The molecule has 0 saturated carbocycles. The summed E-state index contributed by atoms with van der Waals surface area (Å²) in [5.41, 5.74) is 0. The zero-order valence-electron chi connectivity index (χ0n) is 7.71. The zero-order valence-corrected chi connectivity index (χ0v) is 7.71. The quantitative estimate of drug-likeness (QED) is 0.573. The lowest BCUT2D eigenvalue weighted by Crippen LogP contribution is -1.97. The number of ether oxygens (including phenoxy) is 1. The number of rotatable bonds is 8. The van der Waals surface area contributed by atoms with Gasteiger partial charge in [0.25, 0.3) is 0 Å². The maximum atomic E-state index is 10.1. The fourth-order valence-corrected chi connectivity index (χ4v) is 0.904. The molecular formula is C9H18O3. The SMILES string of the molecule is CCCOCCCCCC(=O)O. The average Bonchev–Trinajstić information content (AvgIpc) is 2.02. The highest BCUT2D eigenvalue weighted by Crippen LogP contribution is 1.99. The van der Waals surface area contributed by atoms with E-state index in [0.29, 0.717) is 0 Å². The van der Waals surface area contributed by atoms with Gasteiger partial charge in [-0.2, -0.15) is 0 Å². The minimum atomic E-state index is -0.704. The van der Waals surface area contributed by atoms with E-state index in [-0.39, 0.29) is 6.42 Å². The average molecular weight is 174 g/mol. The molecule has 0 aromatic heterocycles. The summed E-state index contributed by atoms with van der Waals surface area (Å²) in [5.74, 6) is -0.704. The van der Waals surface area contributed by atoms with E-state index in [1.54, 1.807) is 0 Å². The topological polar surface area (TPSA) is 46.5 Å². The maximum absolute atomic E-state index is 10.1. The highest BCUT2D eigenvalue weighted by atomic mass is 16.5. The predicted octanol–water partition coefficient (Wildman–Crippen LogP) is 2.06. The van der Waals surface area contributed by atoms with E-state index in [1.165, 1.54) is 0 Å². The molecule has 0 aliphatic heterocycles. The van der Waals surface area contributed by atoms with Crippen LogP contribution in [-0.4, -0.2) is 24.3 Å². The third-order valence-electron chi connectivity index (χ3n) is 1.53. The highest BCUT2D eigenvalue weighted by Gasteiger charge is 1.95. The smallest absolute Gasteiger partial charge is 0.303 e. The molecule has 0 aliphatic carbocycles. The van der Waals surface area contributed by atoms with Gasteiger partial charge in [-0.15, -0.1) is 0 Å². The predicted molar refractivity (Wildman–Crippen MR) is 47.2 cm³/mol. The van der Waals surface area contributed by atoms with Crippen molar-refractivity contribution >= 4 is 5.97 Å². The lowest BCUT2D eigenvalue weighted by Gasteiger charge is -2.00. The largest absolute Gasteiger partial charge is 0.481 e. The van der Waals surface area contributed by atoms with E-state index in [1.807, 2.05) is 0 Å². The molecule has 0 saturated heterocycles. The second-order valence-corrected chi connectivity index (χ2v) is 2.82. The number of carbonyl (C=O) groups is 1. The summed E-state index contributed by atoms with van der Waals surface area (Å²) in [6, 6.07) is 0. The Kier molecular flexibility index (Phi) is 8.12. The fraction of sp³-hybridized carbons (Fsp3) is 0.889. The van der Waals surface area contributed by atoms with Crippen molar-refractivity contribution in [3.8, 4) is 0 Å². The van der Waals surface area contributed by atoms with Crippen molar-refractivity contribution in [1.29, 1.82) is 0 Å². The summed E-state index contributed by atoms with van der Waals surface area (Å²) in [4.78, 5) is 10.1. The molecule has 0 spiro atoms. The summed E-state index contributed by atoms with van der Waals surface area (Å²) in [5, 5.41) is 8.32. The second kappa shape index (κ2) is 8.53. The Morgan fingerprint density at radius 3 is 2.58 bits per heavy atom. The van der Waals surface area contributed by atoms with Crippen LogP contribution in [0.5, 0.6) is 0 Å². The van der Waals surface area contributed by atoms with E-state index in [0.717, 1.165) is 38.9 Å². The molecule has 3 heteroatoms. The molecule has 0 rings (SSSR count). The Bertz CT molecular complexity index is 112. The molecule has 0 bridgehead atoms. The van der Waals surface area contributed by atoms with Crippen molar-refractivity contribution in [1.82, 2.24) is 0 Å². The molecule has 0 atom stereocenters. The number of unbranched alkanes of at least 4 members (excludes halogenated alkanes) is 2. The van der Waals surface area contributed by atoms with Crippen LogP contribution < -0.4 is 0 Å². The Labute approximate surface area is 73.7 Å². The maximum Gasteiger partial charge on any atom is 0.303 e. The van der Waals surface area contributed by atoms with E-state index >= 15 is 0 Å². The monoisotopic (exact) mass is 174 g/mol. The Morgan fingerprint density at radius 2 is 2.00 bits per heavy atom. The van der Waals surface area contributed by atoms with Crippen LogP contribution in [0.4, 0.5) is 0 Å². The van der Waals surface area contributed by atoms with Crippen LogP contribution in [0.15, 0.2) is 0 Å². The number of carboxylic acid groups (broad SMARTS) is 1. The molecule has 0 radical (unpaired) electrons. The van der Waals surface area contributed by atoms with Crippen LogP contribution in [0.2, 0.25) is 0 Å². The van der Waals surface area contributed by atoms with Gasteiger partial charge >= 0.3 is 5.97 Å². The fourth-order valence-electron chi connectivity index (χ4n) is 0.904. The molecule has 0 fully saturated rings. The van der Waals surface area contributed by atoms with E-state index in [2.05, 4.69) is 6.92 Å². The molecule has 3 nitrogen and oxygen atoms in total. The van der Waals surface area contributed by atoms with Crippen LogP contribution in [0.25, 0.3) is 0 Å². The first kappa shape index (κ1) is 11.4. The van der Waals surface area contributed by atoms with Crippen LogP contribution >= 0.6 is 0 Å². The highest BCUT2D eigenvalue weighted by molar-refractivity contribution is 5.66. The van der Waals surface area contributed by atoms with Gasteiger partial charge in [-0.3, -0.25) is 4.79 Å². The lowest BCUT2D eigenvalue weighted by atomic mass is 10.2. The molecule has 0 unspecified atom stereocenters. The molecule has 0 aliphatic rings. The number of hydrogen-bond donors (Lipinski definition) is 1. The van der Waals surface area contributed by atoms with Gasteiger partial charge in [-0.1, -0.05) is 13.3 Å². The first-order chi connectivity index (χ1) is 5.77. The molecule has 0 amide bonds. The van der Waals surface area contributed by atoms with Crippen LogP contribution in [0.3, 0.4) is 0 Å². The van der Waals surface area contributed by atoms with Crippen LogP contribution in [-0.2, 0) is 9.53 Å². The van der Waals surface area contributed by atoms with Gasteiger partial charge in [0.15, 0.2) is 0 Å². The summed E-state index contributed by atoms with van der Waals surface area (Å²) >= 11 is 0. The second-order valence-electron chi connectivity index (χ2n) is 2.82. The summed E-state index contributed by atoms with van der Waals surface area (Å²) in [6.45, 7) is 3.66. The molecule has 0 heterocycles. The first-order valence-electron chi connectivity index (χ1n) is 4.57. The van der Waals surface area contributed by atoms with Gasteiger partial charge in [0.2, 0.25) is 0 Å². The van der Waals surface area contributed by atoms with Crippen molar-refractivity contribution < 1.29 is 14.6 Å². The van der Waals surface area contributed by atoms with Gasteiger partial charge in [0, 0.05) is 19.6 Å². The number of hydrogen-bond acceptors (Lipinski definition) is 2. The molecule has 1 N–H and O–H groups in total. The minimum absolute atomic E-state index is 0.285. The standard InChI is InChI=1S/C9H18O3/c1-2-7-12-8-5-3-4-6-9(10)11/h2-8H2,1H3,(H,10,11). The van der Waals surface area contributed by atoms with Gasteiger partial charge in [-0.05, 0) is 19.3 Å². The van der Waals surface area contributed by atoms with Crippen LogP contribution in [0, 0.1) is 0 Å². The molecule has 12 heavy (non-hydrogen) atoms. The zero-order chi connectivity index (χ0) is 9.23. The van der Waals surface area contributed by atoms with Crippen molar-refractivity contribution in [3.63, 3.8) is 0 Å².